The Morgan fingerprint density at radius 2 is 1.82 bits per heavy atom. The van der Waals surface area contributed by atoms with Crippen molar-refractivity contribution in [2.75, 3.05) is 13.7 Å². The van der Waals surface area contributed by atoms with Gasteiger partial charge in [-0.2, -0.15) is 12.8 Å². The number of hydrazine groups is 1. The number of esters is 1. The molecule has 0 unspecified atom stereocenters. The van der Waals surface area contributed by atoms with E-state index in [1.807, 2.05) is 55.5 Å². The number of hydrogen-bond acceptors (Lipinski definition) is 7. The highest BCUT2D eigenvalue weighted by Gasteiger charge is 2.64. The van der Waals surface area contributed by atoms with Crippen molar-refractivity contribution in [3.63, 3.8) is 0 Å². The quantitative estimate of drug-likeness (QED) is 0.401. The van der Waals surface area contributed by atoms with Crippen LogP contribution in [0.1, 0.15) is 29.7 Å². The molecule has 3 aromatic rings. The van der Waals surface area contributed by atoms with Crippen LogP contribution in [0, 0.1) is 12.3 Å². The Morgan fingerprint density at radius 3 is 2.53 bits per heavy atom. The fraction of sp³-hybridized carbons (Fsp3) is 0.241. The maximum Gasteiger partial charge on any atom is 0.321 e. The summed E-state index contributed by atoms with van der Waals surface area (Å²) < 4.78 is 40.4. The van der Waals surface area contributed by atoms with Crippen LogP contribution >= 0.6 is 0 Å². The van der Waals surface area contributed by atoms with Gasteiger partial charge in [-0.15, -0.1) is 0 Å². The number of rotatable bonds is 7. The number of hydrogen-bond donors (Lipinski definition) is 0. The van der Waals surface area contributed by atoms with Crippen LogP contribution < -0.4 is 4.74 Å². The molecule has 0 saturated carbocycles. The van der Waals surface area contributed by atoms with Gasteiger partial charge in [-0.3, -0.25) is 9.80 Å². The zero-order valence-electron chi connectivity index (χ0n) is 21.5. The lowest BCUT2D eigenvalue weighted by Gasteiger charge is -2.36. The lowest BCUT2D eigenvalue weighted by Crippen LogP contribution is -2.43. The number of methoxy groups -OCH3 is 1. The van der Waals surface area contributed by atoms with Crippen LogP contribution in [0.3, 0.4) is 0 Å². The number of carbonyl (C=O) groups is 1. The Balaban J connectivity index is 1.76. The predicted molar refractivity (Wildman–Crippen MR) is 144 cm³/mol. The molecule has 2 aliphatic heterocycles. The first-order valence-corrected chi connectivity index (χ1v) is 13.7. The van der Waals surface area contributed by atoms with Crippen molar-refractivity contribution < 1.29 is 22.7 Å². The van der Waals surface area contributed by atoms with Gasteiger partial charge in [-0.1, -0.05) is 54.6 Å². The Bertz CT molecular complexity index is 1530. The summed E-state index contributed by atoms with van der Waals surface area (Å²) >= 11 is 0. The molecule has 0 radical (unpaired) electrons. The highest BCUT2D eigenvalue weighted by molar-refractivity contribution is 7.89. The third-order valence-corrected chi connectivity index (χ3v) is 8.77. The lowest BCUT2D eigenvalue weighted by atomic mass is 9.71. The molecule has 5 rings (SSSR count). The summed E-state index contributed by atoms with van der Waals surface area (Å²) in [6.45, 7) is 7.98. The minimum absolute atomic E-state index is 0.0799. The molecule has 0 aliphatic carbocycles. The number of sulfonamides is 1. The van der Waals surface area contributed by atoms with Crippen molar-refractivity contribution in [3.05, 3.63) is 102 Å². The topological polar surface area (TPSA) is 88.5 Å². The summed E-state index contributed by atoms with van der Waals surface area (Å²) in [4.78, 5) is 18.7. The molecule has 2 aliphatic rings. The number of para-hydroxylation sites is 1. The SMILES string of the molecule is C=C1N(S(=O)(=O)c2ccc(C)cc2)N2C=Nc3ccccc3[C@@H]2[C@]1(Cc1cccc(OC)c1)C(=O)OCC. The van der Waals surface area contributed by atoms with Crippen LogP contribution in [0.15, 0.2) is 95.0 Å². The molecule has 0 aromatic heterocycles. The zero-order chi connectivity index (χ0) is 27.1. The molecule has 38 heavy (non-hydrogen) atoms. The van der Waals surface area contributed by atoms with Crippen LogP contribution in [-0.2, 0) is 26.0 Å². The van der Waals surface area contributed by atoms with Gasteiger partial charge >= 0.3 is 5.97 Å². The van der Waals surface area contributed by atoms with Gasteiger partial charge in [0.1, 0.15) is 23.5 Å². The summed E-state index contributed by atoms with van der Waals surface area (Å²) in [5.74, 6) is 0.0613. The number of benzene rings is 3. The molecule has 0 bridgehead atoms. The summed E-state index contributed by atoms with van der Waals surface area (Å²) in [5, 5.41) is 1.50. The van der Waals surface area contributed by atoms with E-state index in [1.54, 1.807) is 38.3 Å². The second-order valence-electron chi connectivity index (χ2n) is 9.31. The number of aliphatic imine (C=N–C) groups is 1. The van der Waals surface area contributed by atoms with E-state index >= 15 is 0 Å². The van der Waals surface area contributed by atoms with E-state index in [0.717, 1.165) is 15.5 Å². The maximum absolute atomic E-state index is 14.1. The second kappa shape index (κ2) is 9.64. The van der Waals surface area contributed by atoms with E-state index < -0.39 is 27.4 Å². The maximum atomic E-state index is 14.1. The summed E-state index contributed by atoms with van der Waals surface area (Å²) in [7, 11) is -2.60. The monoisotopic (exact) mass is 531 g/mol. The van der Waals surface area contributed by atoms with Gasteiger partial charge in [0.05, 0.1) is 30.0 Å². The molecular formula is C29H29N3O5S. The lowest BCUT2D eigenvalue weighted by molar-refractivity contribution is -0.154. The first-order valence-electron chi connectivity index (χ1n) is 12.3. The summed E-state index contributed by atoms with van der Waals surface area (Å²) in [5.41, 5.74) is 1.65. The second-order valence-corrected chi connectivity index (χ2v) is 11.1. The van der Waals surface area contributed by atoms with Crippen LogP contribution in [0.2, 0.25) is 0 Å². The van der Waals surface area contributed by atoms with Crippen molar-refractivity contribution in [1.29, 1.82) is 0 Å². The Morgan fingerprint density at radius 1 is 1.08 bits per heavy atom. The molecule has 9 heteroatoms. The van der Waals surface area contributed by atoms with E-state index in [9.17, 15) is 13.2 Å². The van der Waals surface area contributed by atoms with Crippen molar-refractivity contribution in [1.82, 2.24) is 9.42 Å². The molecular weight excluding hydrogens is 502 g/mol. The Hall–Kier alpha value is -4.11. The van der Waals surface area contributed by atoms with Crippen molar-refractivity contribution in [3.8, 4) is 5.75 Å². The molecule has 2 atom stereocenters. The third-order valence-electron chi connectivity index (χ3n) is 7.04. The third kappa shape index (κ3) is 3.94. The summed E-state index contributed by atoms with van der Waals surface area (Å²) in [6, 6.07) is 20.5. The number of aryl methyl sites for hydroxylation is 1. The smallest absolute Gasteiger partial charge is 0.321 e. The standard InChI is InChI=1S/C29H29N3O5S/c1-5-37-28(33)29(18-22-9-8-10-23(17-22)36-4)21(3)32(38(34,35)24-15-13-20(2)14-16-24)31-19-30-26-12-7-6-11-25(26)27(29)31/h6-17,19,27H,3,5,18H2,1-2,4H3/t27-,29-/m1/s1. The molecule has 0 spiro atoms. The van der Waals surface area contributed by atoms with Gasteiger partial charge in [-0.05, 0) is 56.2 Å². The Kier molecular flexibility index (Phi) is 6.48. The molecule has 1 saturated heterocycles. The normalized spacial score (nSPS) is 20.2. The molecule has 0 amide bonds. The average molecular weight is 532 g/mol. The highest BCUT2D eigenvalue weighted by atomic mass is 32.2. The van der Waals surface area contributed by atoms with Gasteiger partial charge in [0.2, 0.25) is 0 Å². The van der Waals surface area contributed by atoms with E-state index in [1.165, 1.54) is 11.3 Å². The van der Waals surface area contributed by atoms with Gasteiger partial charge in [0.25, 0.3) is 10.0 Å². The number of carbonyl (C=O) groups excluding carboxylic acids is 1. The molecule has 2 heterocycles. The van der Waals surface area contributed by atoms with Crippen molar-refractivity contribution >= 4 is 28.0 Å². The van der Waals surface area contributed by atoms with Gasteiger partial charge in [-0.25, -0.2) is 4.99 Å². The van der Waals surface area contributed by atoms with E-state index in [0.29, 0.717) is 17.0 Å². The number of ether oxygens (including phenoxy) is 2. The van der Waals surface area contributed by atoms with Crippen molar-refractivity contribution in [2.45, 2.75) is 31.2 Å². The first-order chi connectivity index (χ1) is 18.2. The average Bonchev–Trinajstić information content (AvgIpc) is 3.18. The molecule has 0 N–H and O–H groups in total. The van der Waals surface area contributed by atoms with E-state index in [-0.39, 0.29) is 23.6 Å². The highest BCUT2D eigenvalue weighted by Crippen LogP contribution is 2.58. The van der Waals surface area contributed by atoms with E-state index in [2.05, 4.69) is 11.6 Å². The number of fused-ring (bicyclic) bond motifs is 3. The van der Waals surface area contributed by atoms with Crippen LogP contribution in [0.5, 0.6) is 5.75 Å². The predicted octanol–water partition coefficient (Wildman–Crippen LogP) is 4.95. The molecule has 8 nitrogen and oxygen atoms in total. The summed E-state index contributed by atoms with van der Waals surface area (Å²) in [6.07, 6.45) is 1.58. The van der Waals surface area contributed by atoms with Gasteiger partial charge in [0.15, 0.2) is 0 Å². The fourth-order valence-electron chi connectivity index (χ4n) is 5.22. The molecule has 3 aromatic carbocycles. The minimum Gasteiger partial charge on any atom is -0.497 e. The zero-order valence-corrected chi connectivity index (χ0v) is 22.3. The van der Waals surface area contributed by atoms with Crippen LogP contribution in [-0.4, -0.2) is 43.9 Å². The molecule has 196 valence electrons. The van der Waals surface area contributed by atoms with Crippen molar-refractivity contribution in [2.24, 2.45) is 10.4 Å². The largest absolute Gasteiger partial charge is 0.497 e. The minimum atomic E-state index is -4.17. The van der Waals surface area contributed by atoms with Gasteiger partial charge < -0.3 is 9.47 Å². The number of nitrogens with zero attached hydrogens (tertiary/aromatic N) is 3. The van der Waals surface area contributed by atoms with Gasteiger partial charge in [0, 0.05) is 5.56 Å². The van der Waals surface area contributed by atoms with Crippen LogP contribution in [0.4, 0.5) is 5.69 Å². The molecule has 1 fully saturated rings. The van der Waals surface area contributed by atoms with E-state index in [4.69, 9.17) is 9.47 Å². The van der Waals surface area contributed by atoms with Crippen LogP contribution in [0.25, 0.3) is 0 Å². The first kappa shape index (κ1) is 25.5. The fourth-order valence-corrected chi connectivity index (χ4v) is 6.74. The Labute approximate surface area is 222 Å².